The van der Waals surface area contributed by atoms with Crippen LogP contribution in [0.25, 0.3) is 0 Å². The fourth-order valence-corrected chi connectivity index (χ4v) is 4.03. The topological polar surface area (TPSA) is 84.1 Å². The molecule has 0 atom stereocenters. The minimum atomic E-state index is -0.137. The van der Waals surface area contributed by atoms with Crippen molar-refractivity contribution in [1.82, 2.24) is 15.3 Å². The molecule has 0 radical (unpaired) electrons. The fraction of sp³-hybridized carbons (Fsp3) is 0.450. The lowest BCUT2D eigenvalue weighted by molar-refractivity contribution is 0.0948. The molecule has 0 fully saturated rings. The Balaban J connectivity index is 1.42. The number of carbonyl (C=O) groups excluding carboxylic acids is 1. The number of aromatic nitrogens is 2. The normalized spacial score (nSPS) is 15.9. The average molecular weight is 351 g/mol. The number of nitrogens with one attached hydrogen (secondary N) is 1. The molecule has 1 amide bonds. The number of para-hydroxylation sites is 1. The molecule has 2 heterocycles. The van der Waals surface area contributed by atoms with E-state index in [2.05, 4.69) is 44.5 Å². The number of nitrogens with two attached hydrogens (primary N) is 1. The van der Waals surface area contributed by atoms with Crippen LogP contribution in [0.15, 0.2) is 24.3 Å². The zero-order valence-corrected chi connectivity index (χ0v) is 15.0. The zero-order chi connectivity index (χ0) is 17.9. The van der Waals surface area contributed by atoms with E-state index in [1.54, 1.807) is 0 Å². The van der Waals surface area contributed by atoms with Crippen LogP contribution in [0.5, 0.6) is 0 Å². The molecule has 0 saturated heterocycles. The first-order chi connectivity index (χ1) is 12.7. The molecule has 26 heavy (non-hydrogen) atoms. The molecule has 6 heteroatoms. The maximum Gasteiger partial charge on any atom is 0.270 e. The maximum atomic E-state index is 12.7. The summed E-state index contributed by atoms with van der Waals surface area (Å²) in [4.78, 5) is 23.6. The molecule has 1 aromatic heterocycles. The number of nitrogen functional groups attached to an aromatic ring is 1. The van der Waals surface area contributed by atoms with E-state index in [0.29, 0.717) is 12.2 Å². The first-order valence-corrected chi connectivity index (χ1v) is 9.48. The molecule has 6 nitrogen and oxygen atoms in total. The summed E-state index contributed by atoms with van der Waals surface area (Å²) < 4.78 is 0. The number of hydrogen-bond donors (Lipinski definition) is 2. The van der Waals surface area contributed by atoms with Gasteiger partial charge in [-0.2, -0.15) is 0 Å². The molecule has 0 spiro atoms. The smallest absolute Gasteiger partial charge is 0.270 e. The molecule has 0 unspecified atom stereocenters. The number of hydrogen-bond acceptors (Lipinski definition) is 5. The third kappa shape index (κ3) is 3.36. The first kappa shape index (κ1) is 16.8. The van der Waals surface area contributed by atoms with E-state index in [9.17, 15) is 4.79 Å². The minimum Gasteiger partial charge on any atom is -0.370 e. The Morgan fingerprint density at radius 1 is 1.12 bits per heavy atom. The lowest BCUT2D eigenvalue weighted by Crippen LogP contribution is -2.38. The summed E-state index contributed by atoms with van der Waals surface area (Å²) in [5.74, 6) is 0.0586. The van der Waals surface area contributed by atoms with Crippen LogP contribution >= 0.6 is 0 Å². The van der Waals surface area contributed by atoms with Crippen LogP contribution in [0.4, 0.5) is 11.6 Å². The molecule has 3 N–H and O–H groups in total. The van der Waals surface area contributed by atoms with Crippen molar-refractivity contribution in [3.05, 3.63) is 46.8 Å². The molecular weight excluding hydrogens is 326 g/mol. The predicted octanol–water partition coefficient (Wildman–Crippen LogP) is 2.12. The molecule has 1 aromatic carbocycles. The molecule has 1 aliphatic heterocycles. The molecule has 1 aliphatic carbocycles. The Kier molecular flexibility index (Phi) is 4.73. The van der Waals surface area contributed by atoms with Gasteiger partial charge in [0, 0.05) is 36.6 Å². The van der Waals surface area contributed by atoms with Crippen molar-refractivity contribution in [3.8, 4) is 0 Å². The van der Waals surface area contributed by atoms with Crippen molar-refractivity contribution >= 4 is 17.5 Å². The van der Waals surface area contributed by atoms with Gasteiger partial charge in [0.15, 0.2) is 0 Å². The third-order valence-corrected chi connectivity index (χ3v) is 5.29. The second-order valence-electron chi connectivity index (χ2n) is 7.04. The van der Waals surface area contributed by atoms with E-state index in [1.807, 2.05) is 0 Å². The SMILES string of the molecule is Nc1nc2c(c(C(=O)NCCN3CCCc4ccccc43)n1)CCCC2. The highest BCUT2D eigenvalue weighted by Gasteiger charge is 2.22. The van der Waals surface area contributed by atoms with Gasteiger partial charge < -0.3 is 16.0 Å². The Hall–Kier alpha value is -2.63. The van der Waals surface area contributed by atoms with Gasteiger partial charge in [0.25, 0.3) is 5.91 Å². The second kappa shape index (κ2) is 7.32. The summed E-state index contributed by atoms with van der Waals surface area (Å²) in [5, 5.41) is 3.03. The van der Waals surface area contributed by atoms with Crippen LogP contribution in [0, 0.1) is 0 Å². The van der Waals surface area contributed by atoms with Crippen molar-refractivity contribution in [2.24, 2.45) is 0 Å². The van der Waals surface area contributed by atoms with Gasteiger partial charge >= 0.3 is 0 Å². The first-order valence-electron chi connectivity index (χ1n) is 9.48. The van der Waals surface area contributed by atoms with Crippen molar-refractivity contribution in [3.63, 3.8) is 0 Å². The van der Waals surface area contributed by atoms with E-state index >= 15 is 0 Å². The number of anilines is 2. The van der Waals surface area contributed by atoms with E-state index in [4.69, 9.17) is 5.73 Å². The Bertz CT molecular complexity index is 820. The van der Waals surface area contributed by atoms with Gasteiger partial charge in [-0.3, -0.25) is 4.79 Å². The molecule has 4 rings (SSSR count). The van der Waals surface area contributed by atoms with Gasteiger partial charge in [-0.15, -0.1) is 0 Å². The average Bonchev–Trinajstić information content (AvgIpc) is 2.67. The lowest BCUT2D eigenvalue weighted by atomic mass is 9.94. The van der Waals surface area contributed by atoms with Crippen LogP contribution in [-0.2, 0) is 19.3 Å². The standard InChI is InChI=1S/C20H25N5O/c21-20-23-16-9-3-2-8-15(16)18(24-20)19(26)22-11-13-25-12-5-7-14-6-1-4-10-17(14)25/h1,4,6,10H,2-3,5,7-9,11-13H2,(H,22,26)(H2,21,23,24). The van der Waals surface area contributed by atoms with Crippen LogP contribution in [0.2, 0.25) is 0 Å². The quantitative estimate of drug-likeness (QED) is 0.881. The highest BCUT2D eigenvalue weighted by molar-refractivity contribution is 5.94. The van der Waals surface area contributed by atoms with Crippen LogP contribution in [0.3, 0.4) is 0 Å². The van der Waals surface area contributed by atoms with E-state index < -0.39 is 0 Å². The summed E-state index contributed by atoms with van der Waals surface area (Å²) >= 11 is 0. The number of rotatable bonds is 4. The number of nitrogens with zero attached hydrogens (tertiary/aromatic N) is 3. The number of amides is 1. The number of carbonyl (C=O) groups is 1. The number of aryl methyl sites for hydroxylation is 2. The van der Waals surface area contributed by atoms with Crippen LogP contribution in [-0.4, -0.2) is 35.5 Å². The van der Waals surface area contributed by atoms with Gasteiger partial charge in [-0.05, 0) is 50.2 Å². The van der Waals surface area contributed by atoms with E-state index in [1.165, 1.54) is 11.3 Å². The molecular formula is C20H25N5O. The van der Waals surface area contributed by atoms with Gasteiger partial charge in [0.2, 0.25) is 5.95 Å². The molecule has 0 bridgehead atoms. The van der Waals surface area contributed by atoms with Crippen LogP contribution in [0.1, 0.15) is 46.6 Å². The molecule has 2 aliphatic rings. The lowest BCUT2D eigenvalue weighted by Gasteiger charge is -2.31. The van der Waals surface area contributed by atoms with Gasteiger partial charge in [-0.25, -0.2) is 9.97 Å². The summed E-state index contributed by atoms with van der Waals surface area (Å²) in [5.41, 5.74) is 10.9. The highest BCUT2D eigenvalue weighted by atomic mass is 16.1. The van der Waals surface area contributed by atoms with Crippen molar-refractivity contribution < 1.29 is 4.79 Å². The van der Waals surface area contributed by atoms with Gasteiger partial charge in [0.1, 0.15) is 5.69 Å². The highest BCUT2D eigenvalue weighted by Crippen LogP contribution is 2.26. The fourth-order valence-electron chi connectivity index (χ4n) is 4.03. The van der Waals surface area contributed by atoms with E-state index in [0.717, 1.165) is 62.9 Å². The Morgan fingerprint density at radius 3 is 2.88 bits per heavy atom. The Morgan fingerprint density at radius 2 is 1.96 bits per heavy atom. The van der Waals surface area contributed by atoms with Gasteiger partial charge in [-0.1, -0.05) is 18.2 Å². The largest absolute Gasteiger partial charge is 0.370 e. The maximum absolute atomic E-state index is 12.7. The molecule has 2 aromatic rings. The summed E-state index contributed by atoms with van der Waals surface area (Å²) in [6.45, 7) is 2.42. The number of fused-ring (bicyclic) bond motifs is 2. The summed E-state index contributed by atoms with van der Waals surface area (Å²) in [6.07, 6.45) is 6.20. The van der Waals surface area contributed by atoms with Crippen LogP contribution < -0.4 is 16.0 Å². The predicted molar refractivity (Wildman–Crippen MR) is 102 cm³/mol. The van der Waals surface area contributed by atoms with Crippen molar-refractivity contribution in [1.29, 1.82) is 0 Å². The van der Waals surface area contributed by atoms with Gasteiger partial charge in [0.05, 0.1) is 0 Å². The summed E-state index contributed by atoms with van der Waals surface area (Å²) in [6, 6.07) is 8.52. The van der Waals surface area contributed by atoms with Crippen molar-refractivity contribution in [2.75, 3.05) is 30.3 Å². The van der Waals surface area contributed by atoms with E-state index in [-0.39, 0.29) is 11.9 Å². The second-order valence-corrected chi connectivity index (χ2v) is 7.04. The minimum absolute atomic E-state index is 0.137. The molecule has 136 valence electrons. The zero-order valence-electron chi connectivity index (χ0n) is 15.0. The van der Waals surface area contributed by atoms with Crippen molar-refractivity contribution in [2.45, 2.75) is 38.5 Å². The summed E-state index contributed by atoms with van der Waals surface area (Å²) in [7, 11) is 0. The number of benzene rings is 1. The third-order valence-electron chi connectivity index (χ3n) is 5.29. The monoisotopic (exact) mass is 351 g/mol. The Labute approximate surface area is 153 Å². The molecule has 0 saturated carbocycles.